The predicted octanol–water partition coefficient (Wildman–Crippen LogP) is 3.41. The third kappa shape index (κ3) is 3.34. The second-order valence-corrected chi connectivity index (χ2v) is 4.45. The molecule has 0 heterocycles. The zero-order chi connectivity index (χ0) is 13.7. The third-order valence-corrected chi connectivity index (χ3v) is 3.00. The first-order valence-electron chi connectivity index (χ1n) is 6.21. The zero-order valence-corrected chi connectivity index (χ0v) is 10.8. The number of hydrogen-bond acceptors (Lipinski definition) is 3. The van der Waals surface area contributed by atoms with Crippen LogP contribution in [0.3, 0.4) is 0 Å². The first kappa shape index (κ1) is 13.1. The Morgan fingerprint density at radius 3 is 2.53 bits per heavy atom. The minimum absolute atomic E-state index is 0.310. The lowest BCUT2D eigenvalue weighted by Crippen LogP contribution is -2.08. The van der Waals surface area contributed by atoms with Crippen LogP contribution >= 0.6 is 0 Å². The summed E-state index contributed by atoms with van der Waals surface area (Å²) in [5.74, 6) is 1.81. The first-order valence-corrected chi connectivity index (χ1v) is 6.21. The fourth-order valence-electron chi connectivity index (χ4n) is 1.75. The maximum Gasteiger partial charge on any atom is 0.127 e. The molecule has 2 N–H and O–H groups in total. The molecule has 2 aromatic carbocycles. The summed E-state index contributed by atoms with van der Waals surface area (Å²) < 4.78 is 5.76. The molecular weight excluding hydrogens is 236 g/mol. The van der Waals surface area contributed by atoms with Crippen LogP contribution in [0.5, 0.6) is 11.5 Å². The minimum Gasteiger partial charge on any atom is -0.457 e. The van der Waals surface area contributed by atoms with Crippen LogP contribution in [0.1, 0.15) is 24.0 Å². The Morgan fingerprint density at radius 1 is 1.16 bits per heavy atom. The molecule has 3 nitrogen and oxygen atoms in total. The van der Waals surface area contributed by atoms with E-state index in [1.807, 2.05) is 24.3 Å². The molecule has 2 aromatic rings. The van der Waals surface area contributed by atoms with Gasteiger partial charge in [-0.2, -0.15) is 5.26 Å². The molecule has 0 aliphatic carbocycles. The van der Waals surface area contributed by atoms with Gasteiger partial charge in [-0.3, -0.25) is 0 Å². The van der Waals surface area contributed by atoms with Crippen LogP contribution in [0.2, 0.25) is 0 Å². The van der Waals surface area contributed by atoms with E-state index < -0.39 is 0 Å². The molecule has 1 unspecified atom stereocenters. The Morgan fingerprint density at radius 2 is 1.89 bits per heavy atom. The summed E-state index contributed by atoms with van der Waals surface area (Å²) in [5, 5.41) is 8.74. The highest BCUT2D eigenvalue weighted by atomic mass is 16.5. The average molecular weight is 252 g/mol. The van der Waals surface area contributed by atoms with Crippen molar-refractivity contribution in [1.29, 1.82) is 5.26 Å². The molecule has 0 saturated carbocycles. The van der Waals surface area contributed by atoms with Crippen molar-refractivity contribution in [2.45, 2.75) is 12.8 Å². The van der Waals surface area contributed by atoms with Crippen LogP contribution in [0.15, 0.2) is 48.5 Å². The second kappa shape index (κ2) is 6.03. The summed E-state index contributed by atoms with van der Waals surface area (Å²) in [6, 6.07) is 17.0. The maximum atomic E-state index is 8.74. The lowest BCUT2D eigenvalue weighted by Gasteiger charge is -2.11. The molecule has 0 aromatic heterocycles. The number of benzene rings is 2. The van der Waals surface area contributed by atoms with Crippen LogP contribution in [0.25, 0.3) is 0 Å². The van der Waals surface area contributed by atoms with E-state index in [1.54, 1.807) is 24.3 Å². The summed E-state index contributed by atoms with van der Waals surface area (Å²) in [5.41, 5.74) is 7.45. The van der Waals surface area contributed by atoms with Crippen molar-refractivity contribution in [3.05, 3.63) is 59.7 Å². The van der Waals surface area contributed by atoms with Crippen LogP contribution < -0.4 is 10.5 Å². The average Bonchev–Trinajstić information content (AvgIpc) is 2.47. The van der Waals surface area contributed by atoms with Gasteiger partial charge >= 0.3 is 0 Å². The number of nitrogens with two attached hydrogens (primary N) is 1. The smallest absolute Gasteiger partial charge is 0.127 e. The van der Waals surface area contributed by atoms with Crippen molar-refractivity contribution in [3.8, 4) is 17.6 Å². The monoisotopic (exact) mass is 252 g/mol. The van der Waals surface area contributed by atoms with E-state index in [-0.39, 0.29) is 0 Å². The normalized spacial score (nSPS) is 11.6. The fourth-order valence-corrected chi connectivity index (χ4v) is 1.75. The highest BCUT2D eigenvalue weighted by Crippen LogP contribution is 2.25. The number of nitriles is 1. The summed E-state index contributed by atoms with van der Waals surface area (Å²) in [6.07, 6.45) is 0. The van der Waals surface area contributed by atoms with E-state index in [2.05, 4.69) is 13.0 Å². The van der Waals surface area contributed by atoms with Crippen molar-refractivity contribution in [2.75, 3.05) is 6.54 Å². The second-order valence-electron chi connectivity index (χ2n) is 4.45. The maximum absolute atomic E-state index is 8.74. The van der Waals surface area contributed by atoms with Crippen LogP contribution in [0.4, 0.5) is 0 Å². The van der Waals surface area contributed by atoms with Gasteiger partial charge in [0.15, 0.2) is 0 Å². The van der Waals surface area contributed by atoms with Crippen molar-refractivity contribution in [2.24, 2.45) is 5.73 Å². The summed E-state index contributed by atoms with van der Waals surface area (Å²) in [4.78, 5) is 0. The molecule has 3 heteroatoms. The van der Waals surface area contributed by atoms with Gasteiger partial charge in [-0.05, 0) is 54.4 Å². The van der Waals surface area contributed by atoms with Crippen LogP contribution in [-0.4, -0.2) is 6.54 Å². The predicted molar refractivity (Wildman–Crippen MR) is 75.1 cm³/mol. The molecule has 19 heavy (non-hydrogen) atoms. The van der Waals surface area contributed by atoms with E-state index in [9.17, 15) is 0 Å². The zero-order valence-electron chi connectivity index (χ0n) is 10.8. The molecule has 0 bridgehead atoms. The highest BCUT2D eigenvalue weighted by Gasteiger charge is 2.05. The number of hydrogen-bond donors (Lipinski definition) is 1. The summed E-state index contributed by atoms with van der Waals surface area (Å²) in [7, 11) is 0. The molecule has 96 valence electrons. The van der Waals surface area contributed by atoms with Crippen molar-refractivity contribution >= 4 is 0 Å². The van der Waals surface area contributed by atoms with Gasteiger partial charge < -0.3 is 10.5 Å². The molecule has 0 spiro atoms. The Bertz CT molecular complexity index is 584. The SMILES string of the molecule is CC(CN)c1cccc(Oc2ccc(C#N)cc2)c1. The third-order valence-electron chi connectivity index (χ3n) is 3.00. The standard InChI is InChI=1S/C16H16N2O/c1-12(10-17)14-3-2-4-16(9-14)19-15-7-5-13(11-18)6-8-15/h2-9,12H,10,17H2,1H3. The highest BCUT2D eigenvalue weighted by molar-refractivity contribution is 5.38. The Labute approximate surface area is 113 Å². The molecular formula is C16H16N2O. The van der Waals surface area contributed by atoms with Crippen molar-refractivity contribution in [3.63, 3.8) is 0 Å². The van der Waals surface area contributed by atoms with E-state index in [4.69, 9.17) is 15.7 Å². The summed E-state index contributed by atoms with van der Waals surface area (Å²) >= 11 is 0. The van der Waals surface area contributed by atoms with Gasteiger partial charge in [0, 0.05) is 0 Å². The molecule has 2 rings (SSSR count). The molecule has 0 aliphatic rings. The van der Waals surface area contributed by atoms with Crippen molar-refractivity contribution in [1.82, 2.24) is 0 Å². The molecule has 0 aliphatic heterocycles. The topological polar surface area (TPSA) is 59.0 Å². The summed E-state index contributed by atoms with van der Waals surface area (Å²) in [6.45, 7) is 2.70. The lowest BCUT2D eigenvalue weighted by atomic mass is 10.0. The van der Waals surface area contributed by atoms with E-state index in [0.29, 0.717) is 18.0 Å². The number of rotatable bonds is 4. The molecule has 1 atom stereocenters. The van der Waals surface area contributed by atoms with Gasteiger partial charge in [0.1, 0.15) is 11.5 Å². The number of nitrogens with zero attached hydrogens (tertiary/aromatic N) is 1. The van der Waals surface area contributed by atoms with Crippen LogP contribution in [0, 0.1) is 11.3 Å². The molecule has 0 fully saturated rings. The largest absolute Gasteiger partial charge is 0.457 e. The minimum atomic E-state index is 0.310. The Balaban J connectivity index is 2.16. The van der Waals surface area contributed by atoms with Crippen LogP contribution in [-0.2, 0) is 0 Å². The quantitative estimate of drug-likeness (QED) is 0.907. The van der Waals surface area contributed by atoms with E-state index in [1.165, 1.54) is 0 Å². The number of ether oxygens (including phenoxy) is 1. The lowest BCUT2D eigenvalue weighted by molar-refractivity contribution is 0.481. The fraction of sp³-hybridized carbons (Fsp3) is 0.188. The molecule has 0 amide bonds. The Kier molecular flexibility index (Phi) is 4.17. The molecule has 0 radical (unpaired) electrons. The molecule has 0 saturated heterocycles. The van der Waals surface area contributed by atoms with Gasteiger partial charge in [-0.1, -0.05) is 19.1 Å². The Hall–Kier alpha value is -2.31. The van der Waals surface area contributed by atoms with E-state index in [0.717, 1.165) is 17.1 Å². The van der Waals surface area contributed by atoms with Gasteiger partial charge in [0.05, 0.1) is 11.6 Å². The van der Waals surface area contributed by atoms with Gasteiger partial charge in [0.25, 0.3) is 0 Å². The van der Waals surface area contributed by atoms with Gasteiger partial charge in [0.2, 0.25) is 0 Å². The first-order chi connectivity index (χ1) is 9.22. The van der Waals surface area contributed by atoms with E-state index >= 15 is 0 Å². The van der Waals surface area contributed by atoms with Gasteiger partial charge in [-0.25, -0.2) is 0 Å². The van der Waals surface area contributed by atoms with Crippen molar-refractivity contribution < 1.29 is 4.74 Å². The van der Waals surface area contributed by atoms with Gasteiger partial charge in [-0.15, -0.1) is 0 Å².